The predicted octanol–water partition coefficient (Wildman–Crippen LogP) is 1.84. The fraction of sp³-hybridized carbons (Fsp3) is 0.643. The molecule has 19 heavy (non-hydrogen) atoms. The lowest BCUT2D eigenvalue weighted by atomic mass is 9.83. The van der Waals surface area contributed by atoms with Crippen molar-refractivity contribution in [3.05, 3.63) is 23.4 Å². The summed E-state index contributed by atoms with van der Waals surface area (Å²) >= 11 is 0. The van der Waals surface area contributed by atoms with Gasteiger partial charge in [0.15, 0.2) is 0 Å². The molecule has 4 nitrogen and oxygen atoms in total. The second-order valence-corrected chi connectivity index (χ2v) is 6.06. The average Bonchev–Trinajstić information content (AvgIpc) is 2.48. The lowest BCUT2D eigenvalue weighted by molar-refractivity contribution is 0.00578. The molecule has 0 radical (unpaired) electrons. The summed E-state index contributed by atoms with van der Waals surface area (Å²) in [6.07, 6.45) is 0. The van der Waals surface area contributed by atoms with E-state index in [-0.39, 0.29) is 11.2 Å². The minimum atomic E-state index is -0.416. The van der Waals surface area contributed by atoms with Crippen molar-refractivity contribution in [3.8, 4) is 0 Å². The molecule has 2 heterocycles. The minimum absolute atomic E-state index is 0.343. The van der Waals surface area contributed by atoms with Gasteiger partial charge in [0.25, 0.3) is 0 Å². The van der Waals surface area contributed by atoms with Crippen LogP contribution in [0.15, 0.2) is 12.1 Å². The molecule has 0 atom stereocenters. The van der Waals surface area contributed by atoms with Gasteiger partial charge < -0.3 is 14.0 Å². The van der Waals surface area contributed by atoms with Crippen molar-refractivity contribution in [2.75, 3.05) is 7.11 Å². The number of hydrogen-bond donors (Lipinski definition) is 0. The molecule has 1 aromatic rings. The van der Waals surface area contributed by atoms with E-state index >= 15 is 0 Å². The number of ether oxygens (including phenoxy) is 1. The van der Waals surface area contributed by atoms with Crippen LogP contribution in [0.25, 0.3) is 0 Å². The van der Waals surface area contributed by atoms with Crippen molar-refractivity contribution >= 4 is 12.7 Å². The monoisotopic (exact) mass is 263 g/mol. The molecule has 0 saturated carbocycles. The van der Waals surface area contributed by atoms with E-state index in [1.165, 1.54) is 0 Å². The molecule has 0 aromatic carbocycles. The minimum Gasteiger partial charge on any atom is -0.398 e. The quantitative estimate of drug-likeness (QED) is 0.780. The largest absolute Gasteiger partial charge is 0.514 e. The van der Waals surface area contributed by atoms with Crippen molar-refractivity contribution in [2.45, 2.75) is 52.4 Å². The molecule has 1 aliphatic heterocycles. The standard InChI is InChI=1S/C14H22BNO3/c1-10-7-11(9-17-6)8-12(16-10)15-18-13(2,3)14(4,5)19-15/h7-8H,9H2,1-6H3. The number of nitrogens with zero attached hydrogens (tertiary/aromatic N) is 1. The van der Waals surface area contributed by atoms with Crippen LogP contribution in [0.4, 0.5) is 0 Å². The SMILES string of the molecule is COCc1cc(C)nc(B2OC(C)(C)C(C)(C)O2)c1. The predicted molar refractivity (Wildman–Crippen MR) is 75.4 cm³/mol. The lowest BCUT2D eigenvalue weighted by Crippen LogP contribution is -2.41. The van der Waals surface area contributed by atoms with E-state index in [1.54, 1.807) is 7.11 Å². The Labute approximate surface area is 115 Å². The summed E-state index contributed by atoms with van der Waals surface area (Å²) in [5.74, 6) is 0. The second kappa shape index (κ2) is 4.89. The Morgan fingerprint density at radius 1 is 1.16 bits per heavy atom. The highest BCUT2D eigenvalue weighted by atomic mass is 16.7. The van der Waals surface area contributed by atoms with Gasteiger partial charge in [-0.25, -0.2) is 0 Å². The van der Waals surface area contributed by atoms with Crippen molar-refractivity contribution in [1.82, 2.24) is 4.98 Å². The molecular weight excluding hydrogens is 241 g/mol. The topological polar surface area (TPSA) is 40.6 Å². The Morgan fingerprint density at radius 2 is 1.74 bits per heavy atom. The zero-order valence-electron chi connectivity index (χ0n) is 12.6. The number of rotatable bonds is 3. The van der Waals surface area contributed by atoms with E-state index in [1.807, 2.05) is 46.8 Å². The first-order valence-corrected chi connectivity index (χ1v) is 6.57. The van der Waals surface area contributed by atoms with Gasteiger partial charge in [-0.15, -0.1) is 0 Å². The van der Waals surface area contributed by atoms with Crippen LogP contribution in [0, 0.1) is 6.92 Å². The third-order valence-corrected chi connectivity index (χ3v) is 3.84. The smallest absolute Gasteiger partial charge is 0.398 e. The van der Waals surface area contributed by atoms with Gasteiger partial charge in [0, 0.05) is 12.8 Å². The summed E-state index contributed by atoms with van der Waals surface area (Å²) in [4.78, 5) is 4.52. The van der Waals surface area contributed by atoms with Crippen molar-refractivity contribution in [3.63, 3.8) is 0 Å². The molecule has 0 N–H and O–H groups in total. The molecule has 1 fully saturated rings. The number of pyridine rings is 1. The lowest BCUT2D eigenvalue weighted by Gasteiger charge is -2.32. The summed E-state index contributed by atoms with van der Waals surface area (Å²) in [6, 6.07) is 4.00. The molecule has 5 heteroatoms. The maximum Gasteiger partial charge on any atom is 0.514 e. The fourth-order valence-corrected chi connectivity index (χ4v) is 2.10. The van der Waals surface area contributed by atoms with Crippen molar-refractivity contribution in [1.29, 1.82) is 0 Å². The number of hydrogen-bond acceptors (Lipinski definition) is 4. The Hall–Kier alpha value is -0.905. The van der Waals surface area contributed by atoms with Gasteiger partial charge in [-0.05, 0) is 52.3 Å². The highest BCUT2D eigenvalue weighted by molar-refractivity contribution is 6.61. The van der Waals surface area contributed by atoms with Crippen LogP contribution in [0.5, 0.6) is 0 Å². The first-order chi connectivity index (χ1) is 8.75. The van der Waals surface area contributed by atoms with Gasteiger partial charge in [0.05, 0.1) is 23.4 Å². The van der Waals surface area contributed by atoms with E-state index in [0.717, 1.165) is 16.9 Å². The van der Waals surface area contributed by atoms with E-state index in [2.05, 4.69) is 4.98 Å². The maximum atomic E-state index is 6.01. The molecule has 0 spiro atoms. The first-order valence-electron chi connectivity index (χ1n) is 6.57. The van der Waals surface area contributed by atoms with Gasteiger partial charge >= 0.3 is 7.12 Å². The highest BCUT2D eigenvalue weighted by Crippen LogP contribution is 2.36. The summed E-state index contributed by atoms with van der Waals surface area (Å²) in [5.41, 5.74) is 2.15. The Bertz CT molecular complexity index is 458. The molecule has 0 aliphatic carbocycles. The number of methoxy groups -OCH3 is 1. The Kier molecular flexibility index (Phi) is 3.73. The van der Waals surface area contributed by atoms with Crippen molar-refractivity contribution < 1.29 is 14.0 Å². The van der Waals surface area contributed by atoms with Gasteiger partial charge in [-0.1, -0.05) is 0 Å². The molecular formula is C14H22BNO3. The molecule has 104 valence electrons. The number of aryl methyl sites for hydroxylation is 1. The van der Waals surface area contributed by atoms with Crippen molar-refractivity contribution in [2.24, 2.45) is 0 Å². The van der Waals surface area contributed by atoms with E-state index in [0.29, 0.717) is 6.61 Å². The second-order valence-electron chi connectivity index (χ2n) is 6.06. The van der Waals surface area contributed by atoms with Crippen LogP contribution in [0.3, 0.4) is 0 Å². The first kappa shape index (κ1) is 14.5. The molecule has 0 amide bonds. The van der Waals surface area contributed by atoms with Crippen LogP contribution in [-0.4, -0.2) is 30.4 Å². The summed E-state index contributed by atoms with van der Waals surface area (Å²) in [5, 5.41) is 0. The Balaban J connectivity index is 2.29. The van der Waals surface area contributed by atoms with Crippen LogP contribution in [0.2, 0.25) is 0 Å². The normalized spacial score (nSPS) is 20.8. The molecule has 0 bridgehead atoms. The third kappa shape index (κ3) is 2.83. The van der Waals surface area contributed by atoms with Gasteiger partial charge in [-0.3, -0.25) is 4.98 Å². The number of aromatic nitrogens is 1. The van der Waals surface area contributed by atoms with E-state index in [4.69, 9.17) is 14.0 Å². The van der Waals surface area contributed by atoms with Gasteiger partial charge in [0.2, 0.25) is 0 Å². The van der Waals surface area contributed by atoms with Crippen LogP contribution >= 0.6 is 0 Å². The molecule has 1 aromatic heterocycles. The molecule has 1 aliphatic rings. The highest BCUT2D eigenvalue weighted by Gasteiger charge is 2.52. The summed E-state index contributed by atoms with van der Waals surface area (Å²) in [6.45, 7) is 10.7. The van der Waals surface area contributed by atoms with Gasteiger partial charge in [0.1, 0.15) is 0 Å². The summed E-state index contributed by atoms with van der Waals surface area (Å²) in [7, 11) is 1.27. The van der Waals surface area contributed by atoms with Crippen LogP contribution in [-0.2, 0) is 20.7 Å². The zero-order valence-corrected chi connectivity index (χ0v) is 12.6. The fourth-order valence-electron chi connectivity index (χ4n) is 2.10. The average molecular weight is 263 g/mol. The molecule has 1 saturated heterocycles. The van der Waals surface area contributed by atoms with E-state index < -0.39 is 7.12 Å². The summed E-state index contributed by atoms with van der Waals surface area (Å²) < 4.78 is 17.2. The Morgan fingerprint density at radius 3 is 2.26 bits per heavy atom. The van der Waals surface area contributed by atoms with E-state index in [9.17, 15) is 0 Å². The third-order valence-electron chi connectivity index (χ3n) is 3.84. The zero-order chi connectivity index (χ0) is 14.3. The molecule has 0 unspecified atom stereocenters. The van der Waals surface area contributed by atoms with Gasteiger partial charge in [-0.2, -0.15) is 0 Å². The molecule has 2 rings (SSSR count). The van der Waals surface area contributed by atoms with Crippen LogP contribution in [0.1, 0.15) is 39.0 Å². The maximum absolute atomic E-state index is 6.01. The van der Waals surface area contributed by atoms with Crippen LogP contribution < -0.4 is 5.59 Å².